The van der Waals surface area contributed by atoms with Crippen LogP contribution in [0.3, 0.4) is 0 Å². The number of alkyl halides is 3. The number of fused-ring (bicyclic) bond motifs is 4. The number of rotatable bonds is 19. The fraction of sp³-hybridized carbons (Fsp3) is 0.277. The van der Waals surface area contributed by atoms with Gasteiger partial charge in [-0.3, -0.25) is 28.2 Å². The molecule has 0 atom stereocenters. The van der Waals surface area contributed by atoms with E-state index in [2.05, 4.69) is 31.2 Å². The number of nitrogens with one attached hydrogen (secondary N) is 4. The number of thioether (sulfide) groups is 2. The molecule has 2 aliphatic heterocycles. The molecule has 0 radical (unpaired) electrons. The molecule has 4 heterocycles. The number of halogens is 3. The third-order valence-electron chi connectivity index (χ3n) is 13.5. The van der Waals surface area contributed by atoms with Gasteiger partial charge in [-0.05, 0) is 145 Å². The first-order valence-electron chi connectivity index (χ1n) is 29.1. The molecule has 0 spiro atoms. The summed E-state index contributed by atoms with van der Waals surface area (Å²) in [6.07, 6.45) is 0.443. The Morgan fingerprint density at radius 1 is 0.611 bits per heavy atom. The molecule has 0 unspecified atom stereocenters. The number of amides is 5. The zero-order chi connectivity index (χ0) is 69.3. The summed E-state index contributed by atoms with van der Waals surface area (Å²) in [4.78, 5) is 76.1. The normalized spacial score (nSPS) is 13.8. The van der Waals surface area contributed by atoms with Crippen molar-refractivity contribution in [2.75, 3.05) is 41.5 Å². The van der Waals surface area contributed by atoms with Gasteiger partial charge in [0, 0.05) is 77.6 Å². The van der Waals surface area contributed by atoms with Gasteiger partial charge in [0.15, 0.2) is 0 Å². The van der Waals surface area contributed by atoms with Crippen LogP contribution in [0.15, 0.2) is 175 Å². The molecular formula is C65H67F3N8O12S7. The molecule has 502 valence electrons. The van der Waals surface area contributed by atoms with E-state index in [1.54, 1.807) is 69.2 Å². The Morgan fingerprint density at radius 3 is 1.40 bits per heavy atom. The first kappa shape index (κ1) is 73.0. The van der Waals surface area contributed by atoms with E-state index in [9.17, 15) is 62.4 Å². The van der Waals surface area contributed by atoms with Crippen molar-refractivity contribution in [3.63, 3.8) is 0 Å². The van der Waals surface area contributed by atoms with Gasteiger partial charge in [-0.1, -0.05) is 48.5 Å². The lowest BCUT2D eigenvalue weighted by atomic mass is 10.1. The molecule has 0 aliphatic carbocycles. The highest BCUT2D eigenvalue weighted by Crippen LogP contribution is 2.37. The third kappa shape index (κ3) is 19.7. The van der Waals surface area contributed by atoms with Crippen LogP contribution in [0.1, 0.15) is 106 Å². The number of hydrogen-bond donors (Lipinski definition) is 5. The molecule has 8 aromatic rings. The minimum Gasteiger partial charge on any atom is -0.347 e. The Kier molecular flexibility index (Phi) is 23.4. The van der Waals surface area contributed by atoms with Crippen molar-refractivity contribution in [2.45, 2.75) is 114 Å². The predicted octanol–water partition coefficient (Wildman–Crippen LogP) is 12.2. The minimum absolute atomic E-state index is 0. The Morgan fingerprint density at radius 2 is 1.01 bits per heavy atom. The maximum Gasteiger partial charge on any atom is 0.471 e. The molecule has 5 amide bonds. The lowest BCUT2D eigenvalue weighted by molar-refractivity contribution is -0.190. The zero-order valence-electron chi connectivity index (χ0n) is 52.3. The average molecular weight is 1430 g/mol. The molecule has 0 saturated heterocycles. The molecule has 10 rings (SSSR count). The minimum atomic E-state index is -4.92. The number of hydrogen-bond acceptors (Lipinski definition) is 19. The van der Waals surface area contributed by atoms with Gasteiger partial charge in [-0.2, -0.15) is 21.6 Å². The summed E-state index contributed by atoms with van der Waals surface area (Å²) in [5.41, 5.74) is 6.69. The van der Waals surface area contributed by atoms with Crippen LogP contribution in [0, 0.1) is 0 Å². The van der Waals surface area contributed by atoms with Crippen molar-refractivity contribution < 1.29 is 66.6 Å². The Labute approximate surface area is 565 Å². The quantitative estimate of drug-likeness (QED) is 0.0285. The van der Waals surface area contributed by atoms with Crippen molar-refractivity contribution in [1.82, 2.24) is 25.5 Å². The second-order valence-corrected chi connectivity index (χ2v) is 33.4. The fourth-order valence-corrected chi connectivity index (χ4v) is 16.1. The molecule has 2 aliphatic rings. The van der Waals surface area contributed by atoms with E-state index < -0.39 is 71.0 Å². The monoisotopic (exact) mass is 1430 g/mol. The van der Waals surface area contributed by atoms with E-state index in [4.69, 9.17) is 9.92 Å². The molecular weight excluding hydrogens is 1370 g/mol. The molecule has 95 heavy (non-hydrogen) atoms. The number of aromatic nitrogens is 2. The van der Waals surface area contributed by atoms with Gasteiger partial charge in [-0.25, -0.2) is 26.8 Å². The molecule has 6 N–H and O–H groups in total. The topological polar surface area (TPSA) is 300 Å². The number of nitrogens with zero attached hydrogens (tertiary/aromatic N) is 3. The highest BCUT2D eigenvalue weighted by Gasteiger charge is 2.45. The van der Waals surface area contributed by atoms with Crippen LogP contribution in [0.25, 0.3) is 21.1 Å². The van der Waals surface area contributed by atoms with Crippen LogP contribution in [-0.4, -0.2) is 118 Å². The van der Waals surface area contributed by atoms with Crippen LogP contribution in [0.2, 0.25) is 0 Å². The van der Waals surface area contributed by atoms with Gasteiger partial charge >= 0.3 is 12.1 Å². The molecule has 0 saturated carbocycles. The van der Waals surface area contributed by atoms with E-state index in [-0.39, 0.29) is 85.0 Å². The van der Waals surface area contributed by atoms with Crippen LogP contribution in [-0.2, 0) is 51.9 Å². The SMILES string of the molecule is CC(C)(C)N.CC(C)(C)N(CCCSc1ccc(-c2ncc(CNC(=O)c3ccc4c(c3)NC(=O)c3ccccc3S4(=O)=O)s2)cc1)C(=O)C(F)(F)F.CS(=O)(=O)OCCCSc1ccc(-c2ncc(CNC(=O)c3ccc4c(c3)NC(=O)c3ccccc3S4(=O)=O)s2)cc1. The van der Waals surface area contributed by atoms with Gasteiger partial charge in [0.25, 0.3) is 33.7 Å². The standard InChI is InChI=1S/C33H31F3N4O5S3.C28H25N3O7S4.C4H11N/c1-32(2,3)40(31(43)33(34,35)36)15-6-16-46-22-12-9-20(10-13-22)30-38-19-23(47-30)18-37-28(41)21-11-14-27-25(17-21)39-29(42)24-7-4-5-8-26(24)48(27,44)45;1-41(34,35)38-13-4-14-39-20-10-7-18(8-11-20)28-30-17-21(40-28)16-29-26(32)19-9-12-25-23(15-19)31-27(33)22-5-2-3-6-24(22)42(25,36)37;1-4(2,3)5/h4-5,7-14,17,19H,6,15-16,18H2,1-3H3,(H,37,41)(H,39,42);2-3,5-12,15,17H,4,13-14,16H2,1H3,(H,29,32)(H,31,33);5H2,1-3H3. The summed E-state index contributed by atoms with van der Waals surface area (Å²) < 4.78 is 119. The molecule has 2 aromatic heterocycles. The number of carbonyl (C=O) groups excluding carboxylic acids is 5. The molecule has 0 fully saturated rings. The summed E-state index contributed by atoms with van der Waals surface area (Å²) in [5, 5.41) is 12.3. The molecule has 0 bridgehead atoms. The number of sulfone groups is 2. The van der Waals surface area contributed by atoms with Crippen LogP contribution in [0.5, 0.6) is 0 Å². The Bertz CT molecular complexity index is 4510. The second kappa shape index (κ2) is 30.5. The third-order valence-corrected chi connectivity index (χ3v) is 22.1. The molecule has 20 nitrogen and oxygen atoms in total. The summed E-state index contributed by atoms with van der Waals surface area (Å²) in [7, 11) is -11.4. The number of thiazole rings is 2. The largest absolute Gasteiger partial charge is 0.471 e. The van der Waals surface area contributed by atoms with Crippen molar-refractivity contribution in [2.24, 2.45) is 5.73 Å². The van der Waals surface area contributed by atoms with Crippen LogP contribution in [0.4, 0.5) is 24.5 Å². The highest BCUT2D eigenvalue weighted by atomic mass is 32.2. The lowest BCUT2D eigenvalue weighted by Crippen LogP contribution is -2.51. The first-order chi connectivity index (χ1) is 44.6. The number of nitrogens with two attached hydrogens (primary N) is 1. The van der Waals surface area contributed by atoms with Gasteiger partial charge in [-0.15, -0.1) is 46.2 Å². The van der Waals surface area contributed by atoms with Gasteiger partial charge in [0.05, 0.1) is 68.0 Å². The molecule has 6 aromatic carbocycles. The smallest absolute Gasteiger partial charge is 0.347 e. The summed E-state index contributed by atoms with van der Waals surface area (Å²) in [5.74, 6) is -2.62. The average Bonchev–Trinajstić information content (AvgIpc) is 1.67. The van der Waals surface area contributed by atoms with Gasteiger partial charge in [0.1, 0.15) is 10.0 Å². The maximum atomic E-state index is 13.2. The number of carbonyl (C=O) groups is 5. The maximum absolute atomic E-state index is 13.2. The zero-order valence-corrected chi connectivity index (χ0v) is 58.0. The fourth-order valence-electron chi connectivity index (χ4n) is 9.14. The predicted molar refractivity (Wildman–Crippen MR) is 363 cm³/mol. The second-order valence-electron chi connectivity index (χ2n) is 23.4. The van der Waals surface area contributed by atoms with E-state index in [0.717, 1.165) is 57.6 Å². The van der Waals surface area contributed by atoms with Gasteiger partial charge in [0.2, 0.25) is 19.7 Å². The number of anilines is 2. The van der Waals surface area contributed by atoms with Crippen molar-refractivity contribution in [3.05, 3.63) is 178 Å². The number of benzene rings is 6. The van der Waals surface area contributed by atoms with E-state index in [0.29, 0.717) is 18.6 Å². The molecule has 30 heteroatoms. The lowest BCUT2D eigenvalue weighted by Gasteiger charge is -2.36. The van der Waals surface area contributed by atoms with Gasteiger partial charge < -0.3 is 31.9 Å². The van der Waals surface area contributed by atoms with E-state index in [1.165, 1.54) is 95.1 Å². The Hall–Kier alpha value is -7.81. The van der Waals surface area contributed by atoms with Crippen LogP contribution >= 0.6 is 46.2 Å². The summed E-state index contributed by atoms with van der Waals surface area (Å²) in [6, 6.07) is 35.4. The highest BCUT2D eigenvalue weighted by molar-refractivity contribution is 7.99. The Balaban J connectivity index is 0.000000229. The van der Waals surface area contributed by atoms with Crippen molar-refractivity contribution in [3.8, 4) is 21.1 Å². The summed E-state index contributed by atoms with van der Waals surface area (Å²) in [6.45, 7) is 11.2. The summed E-state index contributed by atoms with van der Waals surface area (Å²) >= 11 is 5.89. The van der Waals surface area contributed by atoms with Crippen molar-refractivity contribution in [1.29, 1.82) is 0 Å². The van der Waals surface area contributed by atoms with Crippen LogP contribution < -0.4 is 27.0 Å². The van der Waals surface area contributed by atoms with Crippen molar-refractivity contribution >= 4 is 117 Å². The first-order valence-corrected chi connectivity index (χ1v) is 37.5. The van der Waals surface area contributed by atoms with E-state index >= 15 is 0 Å². The van der Waals surface area contributed by atoms with E-state index in [1.807, 2.05) is 69.3 Å².